The number of aliphatic hydroxyl groups is 1. The fourth-order valence-electron chi connectivity index (χ4n) is 3.52. The van der Waals surface area contributed by atoms with Crippen molar-refractivity contribution in [1.82, 2.24) is 0 Å². The van der Waals surface area contributed by atoms with Crippen LogP contribution in [0.3, 0.4) is 0 Å². The van der Waals surface area contributed by atoms with Crippen molar-refractivity contribution in [2.45, 2.75) is 84.7 Å². The van der Waals surface area contributed by atoms with Crippen LogP contribution in [0.5, 0.6) is 0 Å². The van der Waals surface area contributed by atoms with Crippen LogP contribution in [-0.4, -0.2) is 11.2 Å². The van der Waals surface area contributed by atoms with Gasteiger partial charge in [0.25, 0.3) is 0 Å². The van der Waals surface area contributed by atoms with Crippen LogP contribution in [-0.2, 0) is 0 Å². The highest BCUT2D eigenvalue weighted by atomic mass is 16.3. The van der Waals surface area contributed by atoms with Crippen LogP contribution in [0.1, 0.15) is 78.6 Å². The number of hydrogen-bond donors (Lipinski definition) is 1. The van der Waals surface area contributed by atoms with E-state index in [1.54, 1.807) is 0 Å². The summed E-state index contributed by atoms with van der Waals surface area (Å²) in [6.45, 7) is 6.94. The quantitative estimate of drug-likeness (QED) is 0.635. The van der Waals surface area contributed by atoms with Crippen LogP contribution in [0.25, 0.3) is 0 Å². The molecule has 0 amide bonds. The molecule has 3 unspecified atom stereocenters. The van der Waals surface area contributed by atoms with Gasteiger partial charge in [-0.2, -0.15) is 0 Å². The van der Waals surface area contributed by atoms with Crippen molar-refractivity contribution in [1.29, 1.82) is 0 Å². The number of aliphatic hydroxyl groups excluding tert-OH is 1. The van der Waals surface area contributed by atoms with E-state index in [0.29, 0.717) is 5.92 Å². The second-order valence-corrected chi connectivity index (χ2v) is 6.45. The monoisotopic (exact) mass is 240 g/mol. The van der Waals surface area contributed by atoms with Gasteiger partial charge in [0.05, 0.1) is 6.10 Å². The van der Waals surface area contributed by atoms with Gasteiger partial charge >= 0.3 is 0 Å². The third-order valence-corrected chi connectivity index (χ3v) is 4.36. The molecule has 0 aliphatic heterocycles. The van der Waals surface area contributed by atoms with Crippen molar-refractivity contribution in [2.24, 2.45) is 17.8 Å². The van der Waals surface area contributed by atoms with Gasteiger partial charge in [-0.25, -0.2) is 0 Å². The smallest absolute Gasteiger partial charge is 0.0568 e. The summed E-state index contributed by atoms with van der Waals surface area (Å²) >= 11 is 0. The first-order valence-corrected chi connectivity index (χ1v) is 7.81. The van der Waals surface area contributed by atoms with Crippen molar-refractivity contribution in [3.63, 3.8) is 0 Å². The van der Waals surface area contributed by atoms with E-state index in [9.17, 15) is 5.11 Å². The maximum atomic E-state index is 10.3. The molecule has 0 spiro atoms. The normalized spacial score (nSPS) is 31.4. The first-order valence-electron chi connectivity index (χ1n) is 7.81. The topological polar surface area (TPSA) is 20.2 Å². The molecule has 102 valence electrons. The molecule has 0 aromatic heterocycles. The zero-order valence-electron chi connectivity index (χ0n) is 12.1. The molecule has 3 atom stereocenters. The Balaban J connectivity index is 2.15. The molecule has 1 rings (SSSR count). The van der Waals surface area contributed by atoms with Crippen LogP contribution in [0.15, 0.2) is 0 Å². The molecule has 1 aliphatic carbocycles. The molecule has 1 heteroatoms. The Morgan fingerprint density at radius 1 is 0.941 bits per heavy atom. The molecule has 1 nitrogen and oxygen atoms in total. The fraction of sp³-hybridized carbons (Fsp3) is 1.00. The van der Waals surface area contributed by atoms with Crippen molar-refractivity contribution in [3.05, 3.63) is 0 Å². The zero-order valence-corrected chi connectivity index (χ0v) is 12.1. The van der Waals surface area contributed by atoms with Gasteiger partial charge in [0.15, 0.2) is 0 Å². The standard InChI is InChI=1S/C16H32O/c1-4-5-6-7-8-9-16(17)15-11-13(2)10-14(3)12-15/h13-17H,4-12H2,1-3H3. The summed E-state index contributed by atoms with van der Waals surface area (Å²) in [5, 5.41) is 10.3. The highest BCUT2D eigenvalue weighted by Gasteiger charge is 2.28. The Hall–Kier alpha value is -0.0400. The Morgan fingerprint density at radius 3 is 2.12 bits per heavy atom. The Bertz CT molecular complexity index is 180. The summed E-state index contributed by atoms with van der Waals surface area (Å²) in [5.41, 5.74) is 0. The predicted molar refractivity (Wildman–Crippen MR) is 75.1 cm³/mol. The van der Waals surface area contributed by atoms with Crippen molar-refractivity contribution < 1.29 is 5.11 Å². The van der Waals surface area contributed by atoms with E-state index in [1.165, 1.54) is 51.4 Å². The molecular formula is C16H32O. The predicted octanol–water partition coefficient (Wildman–Crippen LogP) is 4.78. The molecule has 1 N–H and O–H groups in total. The van der Waals surface area contributed by atoms with Crippen LogP contribution >= 0.6 is 0 Å². The molecule has 0 saturated heterocycles. The zero-order chi connectivity index (χ0) is 12.7. The third kappa shape index (κ3) is 5.90. The molecule has 0 radical (unpaired) electrons. The third-order valence-electron chi connectivity index (χ3n) is 4.36. The highest BCUT2D eigenvalue weighted by Crippen LogP contribution is 2.35. The lowest BCUT2D eigenvalue weighted by molar-refractivity contribution is 0.0479. The first-order chi connectivity index (χ1) is 8.13. The molecule has 1 fully saturated rings. The molecule has 0 bridgehead atoms. The van der Waals surface area contributed by atoms with E-state index < -0.39 is 0 Å². The van der Waals surface area contributed by atoms with E-state index in [-0.39, 0.29) is 6.10 Å². The second-order valence-electron chi connectivity index (χ2n) is 6.45. The summed E-state index contributed by atoms with van der Waals surface area (Å²) in [7, 11) is 0. The second kappa shape index (κ2) is 8.13. The van der Waals surface area contributed by atoms with E-state index in [4.69, 9.17) is 0 Å². The summed E-state index contributed by atoms with van der Waals surface area (Å²) in [4.78, 5) is 0. The van der Waals surface area contributed by atoms with Crippen molar-refractivity contribution >= 4 is 0 Å². The average Bonchev–Trinajstić information content (AvgIpc) is 2.27. The first kappa shape index (κ1) is 15.0. The number of unbranched alkanes of at least 4 members (excludes halogenated alkanes) is 4. The van der Waals surface area contributed by atoms with Gasteiger partial charge in [0.1, 0.15) is 0 Å². The molecular weight excluding hydrogens is 208 g/mol. The van der Waals surface area contributed by atoms with E-state index in [0.717, 1.165) is 18.3 Å². The minimum absolute atomic E-state index is 0.0261. The van der Waals surface area contributed by atoms with Gasteiger partial charge in [-0.15, -0.1) is 0 Å². The minimum atomic E-state index is -0.0261. The van der Waals surface area contributed by atoms with Gasteiger partial charge in [-0.1, -0.05) is 52.9 Å². The van der Waals surface area contributed by atoms with Crippen molar-refractivity contribution in [3.8, 4) is 0 Å². The summed E-state index contributed by atoms with van der Waals surface area (Å²) in [6, 6.07) is 0. The average molecular weight is 240 g/mol. The lowest BCUT2D eigenvalue weighted by Crippen LogP contribution is -2.29. The maximum absolute atomic E-state index is 10.3. The number of hydrogen-bond acceptors (Lipinski definition) is 1. The Labute approximate surface area is 108 Å². The summed E-state index contributed by atoms with van der Waals surface area (Å²) < 4.78 is 0. The molecule has 1 aliphatic rings. The molecule has 17 heavy (non-hydrogen) atoms. The van der Waals surface area contributed by atoms with Gasteiger partial charge in [0.2, 0.25) is 0 Å². The molecule has 1 saturated carbocycles. The van der Waals surface area contributed by atoms with Gasteiger partial charge in [-0.3, -0.25) is 0 Å². The maximum Gasteiger partial charge on any atom is 0.0568 e. The number of rotatable bonds is 7. The molecule has 0 aromatic carbocycles. The van der Waals surface area contributed by atoms with Gasteiger partial charge < -0.3 is 5.11 Å². The summed E-state index contributed by atoms with van der Waals surface area (Å²) in [5.74, 6) is 2.22. The van der Waals surface area contributed by atoms with Crippen LogP contribution in [0, 0.1) is 17.8 Å². The minimum Gasteiger partial charge on any atom is -0.393 e. The Kier molecular flexibility index (Phi) is 7.18. The van der Waals surface area contributed by atoms with Crippen molar-refractivity contribution in [2.75, 3.05) is 0 Å². The SMILES string of the molecule is CCCCCCCC(O)C1CC(C)CC(C)C1. The van der Waals surface area contributed by atoms with E-state index >= 15 is 0 Å². The fourth-order valence-corrected chi connectivity index (χ4v) is 3.52. The van der Waals surface area contributed by atoms with Gasteiger partial charge in [0, 0.05) is 0 Å². The van der Waals surface area contributed by atoms with Crippen LogP contribution in [0.4, 0.5) is 0 Å². The molecule has 0 heterocycles. The lowest BCUT2D eigenvalue weighted by Gasteiger charge is -2.34. The van der Waals surface area contributed by atoms with Crippen LogP contribution < -0.4 is 0 Å². The summed E-state index contributed by atoms with van der Waals surface area (Å²) in [6.07, 6.45) is 11.4. The van der Waals surface area contributed by atoms with E-state index in [1.807, 2.05) is 0 Å². The lowest BCUT2D eigenvalue weighted by atomic mass is 9.74. The van der Waals surface area contributed by atoms with Gasteiger partial charge in [-0.05, 0) is 43.4 Å². The highest BCUT2D eigenvalue weighted by molar-refractivity contribution is 4.79. The van der Waals surface area contributed by atoms with Crippen LogP contribution in [0.2, 0.25) is 0 Å². The Morgan fingerprint density at radius 2 is 1.53 bits per heavy atom. The van der Waals surface area contributed by atoms with E-state index in [2.05, 4.69) is 20.8 Å². The largest absolute Gasteiger partial charge is 0.393 e. The molecule has 0 aromatic rings.